The van der Waals surface area contributed by atoms with E-state index in [1.807, 2.05) is 0 Å². The van der Waals surface area contributed by atoms with Gasteiger partial charge in [-0.2, -0.15) is 0 Å². The maximum Gasteiger partial charge on any atom is 0.0368 e. The summed E-state index contributed by atoms with van der Waals surface area (Å²) in [6.45, 7) is 2.34. The highest BCUT2D eigenvalue weighted by Crippen LogP contribution is 2.42. The van der Waals surface area contributed by atoms with Gasteiger partial charge in [0.2, 0.25) is 0 Å². The summed E-state index contributed by atoms with van der Waals surface area (Å²) in [4.78, 5) is 0. The molecule has 2 heteroatoms. The standard InChI is InChI=1S/C20H39BrSi/c1-2-3-6-15-22-16-12-20(13-17-22)19-10-8-18(9-11-19)7-4-5-14-21/h18-20,22H,2-17H2,1H3. The Morgan fingerprint density at radius 3 is 2.14 bits per heavy atom. The summed E-state index contributed by atoms with van der Waals surface area (Å²) in [5.41, 5.74) is 0. The van der Waals surface area contributed by atoms with Crippen molar-refractivity contribution in [2.75, 3.05) is 5.33 Å². The van der Waals surface area contributed by atoms with Gasteiger partial charge in [0.25, 0.3) is 0 Å². The highest BCUT2D eigenvalue weighted by atomic mass is 79.9. The van der Waals surface area contributed by atoms with E-state index in [1.54, 1.807) is 63.1 Å². The molecule has 0 atom stereocenters. The first-order valence-corrected chi connectivity index (χ1v) is 14.0. The lowest BCUT2D eigenvalue weighted by Crippen LogP contribution is -2.28. The highest BCUT2D eigenvalue weighted by molar-refractivity contribution is 9.09. The van der Waals surface area contributed by atoms with Crippen molar-refractivity contribution < 1.29 is 0 Å². The van der Waals surface area contributed by atoms with E-state index in [1.165, 1.54) is 37.4 Å². The number of alkyl halides is 1. The molecule has 1 aliphatic carbocycles. The van der Waals surface area contributed by atoms with Gasteiger partial charge in [-0.25, -0.2) is 0 Å². The van der Waals surface area contributed by atoms with Crippen LogP contribution in [0.2, 0.25) is 18.1 Å². The van der Waals surface area contributed by atoms with Crippen LogP contribution in [0.5, 0.6) is 0 Å². The maximum absolute atomic E-state index is 3.56. The average Bonchev–Trinajstić information content (AvgIpc) is 2.57. The molecule has 0 aromatic rings. The minimum atomic E-state index is -0.287. The second kappa shape index (κ2) is 11.3. The molecule has 0 nitrogen and oxygen atoms in total. The monoisotopic (exact) mass is 386 g/mol. The van der Waals surface area contributed by atoms with Gasteiger partial charge in [-0.05, 0) is 37.0 Å². The van der Waals surface area contributed by atoms with Gasteiger partial charge in [0.15, 0.2) is 0 Å². The predicted octanol–water partition coefficient (Wildman–Crippen LogP) is 7.19. The van der Waals surface area contributed by atoms with Crippen molar-refractivity contribution in [1.29, 1.82) is 0 Å². The average molecular weight is 388 g/mol. The summed E-state index contributed by atoms with van der Waals surface area (Å²) < 4.78 is 0. The third kappa shape index (κ3) is 6.67. The Balaban J connectivity index is 1.58. The lowest BCUT2D eigenvalue weighted by Gasteiger charge is -2.37. The molecule has 1 heterocycles. The van der Waals surface area contributed by atoms with Crippen LogP contribution in [0, 0.1) is 17.8 Å². The fourth-order valence-electron chi connectivity index (χ4n) is 5.11. The summed E-state index contributed by atoms with van der Waals surface area (Å²) in [5.74, 6) is 3.34. The first-order chi connectivity index (χ1) is 10.8. The van der Waals surface area contributed by atoms with E-state index in [4.69, 9.17) is 0 Å². The van der Waals surface area contributed by atoms with Gasteiger partial charge in [-0.15, -0.1) is 0 Å². The fourth-order valence-corrected chi connectivity index (χ4v) is 9.03. The van der Waals surface area contributed by atoms with Gasteiger partial charge in [0.1, 0.15) is 0 Å². The van der Waals surface area contributed by atoms with Crippen molar-refractivity contribution in [2.24, 2.45) is 17.8 Å². The normalized spacial score (nSPS) is 33.0. The zero-order valence-corrected chi connectivity index (χ0v) is 17.7. The Morgan fingerprint density at radius 1 is 0.818 bits per heavy atom. The molecule has 2 fully saturated rings. The molecule has 22 heavy (non-hydrogen) atoms. The molecule has 0 aromatic carbocycles. The molecule has 1 saturated carbocycles. The Bertz CT molecular complexity index is 237. The van der Waals surface area contributed by atoms with Crippen molar-refractivity contribution >= 4 is 24.7 Å². The maximum atomic E-state index is 3.56. The van der Waals surface area contributed by atoms with Crippen LogP contribution in [0.15, 0.2) is 0 Å². The first-order valence-electron chi connectivity index (χ1n) is 10.4. The van der Waals surface area contributed by atoms with Crippen LogP contribution in [0.25, 0.3) is 0 Å². The van der Waals surface area contributed by atoms with Crippen molar-refractivity contribution in [2.45, 2.75) is 102 Å². The van der Waals surface area contributed by atoms with Crippen LogP contribution in [0.4, 0.5) is 0 Å². The Morgan fingerprint density at radius 2 is 1.50 bits per heavy atom. The second-order valence-electron chi connectivity index (χ2n) is 8.24. The van der Waals surface area contributed by atoms with Crippen LogP contribution in [-0.2, 0) is 0 Å². The summed E-state index contributed by atoms with van der Waals surface area (Å²) in [6, 6.07) is 5.06. The highest BCUT2D eigenvalue weighted by Gasteiger charge is 2.30. The summed E-state index contributed by atoms with van der Waals surface area (Å²) >= 11 is 3.56. The van der Waals surface area contributed by atoms with E-state index in [0.29, 0.717) is 0 Å². The molecule has 130 valence electrons. The number of halogens is 1. The fraction of sp³-hybridized carbons (Fsp3) is 1.00. The summed E-state index contributed by atoms with van der Waals surface area (Å²) in [5, 5.41) is 1.20. The molecule has 0 amide bonds. The minimum Gasteiger partial charge on any atom is -0.0928 e. The van der Waals surface area contributed by atoms with Gasteiger partial charge < -0.3 is 0 Å². The van der Waals surface area contributed by atoms with E-state index in [9.17, 15) is 0 Å². The molecular weight excluding hydrogens is 348 g/mol. The van der Waals surface area contributed by atoms with Crippen LogP contribution in [0.3, 0.4) is 0 Å². The SMILES string of the molecule is CCCCC[SiH]1CCC(C2CCC(CCCCBr)CC2)CC1. The van der Waals surface area contributed by atoms with E-state index in [2.05, 4.69) is 22.9 Å². The third-order valence-electron chi connectivity index (χ3n) is 6.66. The van der Waals surface area contributed by atoms with E-state index < -0.39 is 0 Å². The lowest BCUT2D eigenvalue weighted by atomic mass is 9.73. The second-order valence-corrected chi connectivity index (χ2v) is 12.5. The molecule has 2 aliphatic rings. The molecule has 0 unspecified atom stereocenters. The van der Waals surface area contributed by atoms with Crippen molar-refractivity contribution in [3.63, 3.8) is 0 Å². The zero-order chi connectivity index (χ0) is 15.6. The molecule has 0 radical (unpaired) electrons. The van der Waals surface area contributed by atoms with Crippen molar-refractivity contribution in [1.82, 2.24) is 0 Å². The zero-order valence-electron chi connectivity index (χ0n) is 15.0. The van der Waals surface area contributed by atoms with Gasteiger partial charge in [-0.3, -0.25) is 0 Å². The number of rotatable bonds is 9. The van der Waals surface area contributed by atoms with Crippen LogP contribution in [-0.4, -0.2) is 14.1 Å². The molecule has 0 aromatic heterocycles. The van der Waals surface area contributed by atoms with E-state index in [0.717, 1.165) is 17.8 Å². The Kier molecular flexibility index (Phi) is 9.76. The topological polar surface area (TPSA) is 0 Å². The van der Waals surface area contributed by atoms with Gasteiger partial charge in [-0.1, -0.05) is 98.8 Å². The quantitative estimate of drug-likeness (QED) is 0.223. The number of unbranched alkanes of at least 4 members (excludes halogenated alkanes) is 3. The van der Waals surface area contributed by atoms with Gasteiger partial charge in [0.05, 0.1) is 0 Å². The third-order valence-corrected chi connectivity index (χ3v) is 10.7. The molecular formula is C20H39BrSi. The van der Waals surface area contributed by atoms with Crippen molar-refractivity contribution in [3.8, 4) is 0 Å². The summed E-state index contributed by atoms with van der Waals surface area (Å²) in [7, 11) is -0.287. The van der Waals surface area contributed by atoms with E-state index in [-0.39, 0.29) is 8.80 Å². The molecule has 0 bridgehead atoms. The lowest BCUT2D eigenvalue weighted by molar-refractivity contribution is 0.184. The van der Waals surface area contributed by atoms with Crippen LogP contribution < -0.4 is 0 Å². The molecule has 0 N–H and O–H groups in total. The smallest absolute Gasteiger partial charge is 0.0368 e. The molecule has 1 saturated heterocycles. The van der Waals surface area contributed by atoms with E-state index >= 15 is 0 Å². The number of hydrogen-bond acceptors (Lipinski definition) is 0. The Hall–Kier alpha value is 0.697. The predicted molar refractivity (Wildman–Crippen MR) is 107 cm³/mol. The van der Waals surface area contributed by atoms with Crippen LogP contribution >= 0.6 is 15.9 Å². The molecule has 1 aliphatic heterocycles. The molecule has 2 rings (SSSR count). The minimum absolute atomic E-state index is 0.287. The number of hydrogen-bond donors (Lipinski definition) is 0. The first kappa shape index (κ1) is 19.0. The largest absolute Gasteiger partial charge is 0.0928 e. The Labute approximate surface area is 150 Å². The van der Waals surface area contributed by atoms with Crippen molar-refractivity contribution in [3.05, 3.63) is 0 Å². The molecule has 0 spiro atoms. The van der Waals surface area contributed by atoms with Gasteiger partial charge in [0, 0.05) is 14.1 Å². The summed E-state index contributed by atoms with van der Waals surface area (Å²) in [6.07, 6.45) is 18.3. The van der Waals surface area contributed by atoms with Crippen LogP contribution in [0.1, 0.15) is 84.0 Å². The van der Waals surface area contributed by atoms with Gasteiger partial charge >= 0.3 is 0 Å².